The molecule has 0 aliphatic heterocycles. The predicted octanol–water partition coefficient (Wildman–Crippen LogP) is 6.98. The maximum atomic E-state index is 12.8. The molecule has 5 nitrogen and oxygen atoms in total. The number of hydrogen-bond acceptors (Lipinski definition) is 4. The zero-order valence-electron chi connectivity index (χ0n) is 17.8. The predicted molar refractivity (Wildman–Crippen MR) is 135 cm³/mol. The van der Waals surface area contributed by atoms with Gasteiger partial charge in [0.1, 0.15) is 29.7 Å². The van der Waals surface area contributed by atoms with Gasteiger partial charge in [0.2, 0.25) is 0 Å². The molecule has 0 aliphatic carbocycles. The number of nitrogens with zero attached hydrogens (tertiary/aromatic N) is 1. The van der Waals surface area contributed by atoms with Gasteiger partial charge in [0.15, 0.2) is 0 Å². The number of anilines is 1. The Hall–Kier alpha value is -3.98. The van der Waals surface area contributed by atoms with Crippen molar-refractivity contribution in [2.75, 3.05) is 5.32 Å². The molecule has 168 valence electrons. The van der Waals surface area contributed by atoms with Crippen molar-refractivity contribution >= 4 is 51.6 Å². The van der Waals surface area contributed by atoms with E-state index in [-0.39, 0.29) is 17.9 Å². The lowest BCUT2D eigenvalue weighted by Gasteiger charge is -2.13. The van der Waals surface area contributed by atoms with Gasteiger partial charge in [0, 0.05) is 11.3 Å². The summed E-state index contributed by atoms with van der Waals surface area (Å²) in [7, 11) is 0. The summed E-state index contributed by atoms with van der Waals surface area (Å²) in [6.07, 6.45) is 1.52. The monoisotopic (exact) mass is 488 g/mol. The van der Waals surface area contributed by atoms with E-state index in [2.05, 4.69) is 5.32 Å². The number of phenols is 1. The van der Waals surface area contributed by atoms with E-state index in [1.807, 2.05) is 42.5 Å². The maximum Gasteiger partial charge on any atom is 0.266 e. The third kappa shape index (κ3) is 5.32. The van der Waals surface area contributed by atoms with Crippen LogP contribution in [0.2, 0.25) is 10.0 Å². The van der Waals surface area contributed by atoms with E-state index in [4.69, 9.17) is 27.9 Å². The minimum Gasteiger partial charge on any atom is -0.508 e. The lowest BCUT2D eigenvalue weighted by molar-refractivity contribution is -0.112. The molecule has 0 spiro atoms. The van der Waals surface area contributed by atoms with Crippen molar-refractivity contribution in [3.05, 3.63) is 106 Å². The lowest BCUT2D eigenvalue weighted by atomic mass is 10.0. The van der Waals surface area contributed by atoms with Crippen LogP contribution in [0.5, 0.6) is 11.5 Å². The zero-order chi connectivity index (χ0) is 24.1. The molecule has 0 bridgehead atoms. The number of amides is 1. The van der Waals surface area contributed by atoms with Gasteiger partial charge in [-0.05, 0) is 64.9 Å². The van der Waals surface area contributed by atoms with Crippen LogP contribution in [-0.2, 0) is 11.4 Å². The normalized spacial score (nSPS) is 11.1. The number of ether oxygens (including phenoxy) is 1. The highest BCUT2D eigenvalue weighted by molar-refractivity contribution is 6.42. The minimum absolute atomic E-state index is 0.0774. The standard InChI is InChI=1S/C27H18Cl2N2O3/c28-24-11-5-17(13-25(24)29)16-34-26-12-6-18-3-1-2-4-22(18)23(26)14-19(15-30)27(33)31-20-7-9-21(32)10-8-20/h1-14,32H,16H2,(H,31,33)/b19-14+. The summed E-state index contributed by atoms with van der Waals surface area (Å²) >= 11 is 12.1. The van der Waals surface area contributed by atoms with Crippen LogP contribution in [0.15, 0.2) is 84.4 Å². The molecule has 0 heterocycles. The van der Waals surface area contributed by atoms with Crippen LogP contribution in [0.4, 0.5) is 5.69 Å². The second-order valence-corrected chi connectivity index (χ2v) is 8.22. The number of aromatic hydroxyl groups is 1. The Bertz CT molecular complexity index is 1440. The first-order chi connectivity index (χ1) is 16.4. The first-order valence-corrected chi connectivity index (χ1v) is 11.0. The van der Waals surface area contributed by atoms with Gasteiger partial charge in [-0.1, -0.05) is 59.6 Å². The quantitative estimate of drug-likeness (QED) is 0.174. The van der Waals surface area contributed by atoms with E-state index in [0.717, 1.165) is 16.3 Å². The number of fused-ring (bicyclic) bond motifs is 1. The topological polar surface area (TPSA) is 82.3 Å². The van der Waals surface area contributed by atoms with Crippen LogP contribution >= 0.6 is 23.2 Å². The van der Waals surface area contributed by atoms with Crippen molar-refractivity contribution in [3.8, 4) is 17.6 Å². The molecule has 0 atom stereocenters. The fourth-order valence-electron chi connectivity index (χ4n) is 3.38. The summed E-state index contributed by atoms with van der Waals surface area (Å²) in [5, 5.41) is 24.5. The number of halogens is 2. The number of nitriles is 1. The number of nitrogens with one attached hydrogen (secondary N) is 1. The average Bonchev–Trinajstić information content (AvgIpc) is 2.85. The third-order valence-electron chi connectivity index (χ3n) is 5.09. The largest absolute Gasteiger partial charge is 0.508 e. The van der Waals surface area contributed by atoms with Crippen molar-refractivity contribution in [1.82, 2.24) is 0 Å². The molecule has 0 saturated heterocycles. The Morgan fingerprint density at radius 2 is 1.76 bits per heavy atom. The first-order valence-electron chi connectivity index (χ1n) is 10.3. The molecule has 0 aromatic heterocycles. The number of phenolic OH excluding ortho intramolecular Hbond substituents is 1. The molecule has 0 fully saturated rings. The Morgan fingerprint density at radius 1 is 1.00 bits per heavy atom. The molecule has 2 N–H and O–H groups in total. The molecule has 0 unspecified atom stereocenters. The fraction of sp³-hybridized carbons (Fsp3) is 0.0370. The first kappa shape index (κ1) is 23.2. The lowest BCUT2D eigenvalue weighted by Crippen LogP contribution is -2.13. The van der Waals surface area contributed by atoms with Crippen LogP contribution in [0, 0.1) is 11.3 Å². The molecule has 34 heavy (non-hydrogen) atoms. The van der Waals surface area contributed by atoms with Crippen LogP contribution in [0.3, 0.4) is 0 Å². The number of carbonyl (C=O) groups is 1. The van der Waals surface area contributed by atoms with Gasteiger partial charge in [-0.25, -0.2) is 0 Å². The highest BCUT2D eigenvalue weighted by Gasteiger charge is 2.14. The smallest absolute Gasteiger partial charge is 0.266 e. The van der Waals surface area contributed by atoms with Crippen molar-refractivity contribution in [2.24, 2.45) is 0 Å². The SMILES string of the molecule is N#C/C(=C\c1c(OCc2ccc(Cl)c(Cl)c2)ccc2ccccc12)C(=O)Nc1ccc(O)cc1. The van der Waals surface area contributed by atoms with E-state index in [1.165, 1.54) is 18.2 Å². The number of hydrogen-bond donors (Lipinski definition) is 2. The summed E-state index contributed by atoms with van der Waals surface area (Å²) < 4.78 is 6.07. The second-order valence-electron chi connectivity index (χ2n) is 7.41. The molecule has 0 saturated carbocycles. The minimum atomic E-state index is -0.573. The van der Waals surface area contributed by atoms with E-state index >= 15 is 0 Å². The summed E-state index contributed by atoms with van der Waals surface area (Å²) in [6, 6.07) is 24.6. The van der Waals surface area contributed by atoms with E-state index in [0.29, 0.717) is 27.0 Å². The molecule has 0 aliphatic rings. The van der Waals surface area contributed by atoms with Gasteiger partial charge >= 0.3 is 0 Å². The van der Waals surface area contributed by atoms with Crippen molar-refractivity contribution in [2.45, 2.75) is 6.61 Å². The summed E-state index contributed by atoms with van der Waals surface area (Å²) in [4.78, 5) is 12.8. The van der Waals surface area contributed by atoms with Gasteiger partial charge in [-0.2, -0.15) is 5.26 Å². The van der Waals surface area contributed by atoms with Gasteiger partial charge in [-0.15, -0.1) is 0 Å². The summed E-state index contributed by atoms with van der Waals surface area (Å²) in [6.45, 7) is 0.220. The van der Waals surface area contributed by atoms with Gasteiger partial charge in [-0.3, -0.25) is 4.79 Å². The molecular formula is C27H18Cl2N2O3. The Labute approximate surface area is 206 Å². The Morgan fingerprint density at radius 3 is 2.50 bits per heavy atom. The molecular weight excluding hydrogens is 471 g/mol. The van der Waals surface area contributed by atoms with Crippen molar-refractivity contribution in [3.63, 3.8) is 0 Å². The third-order valence-corrected chi connectivity index (χ3v) is 5.83. The van der Waals surface area contributed by atoms with Crippen LogP contribution in [-0.4, -0.2) is 11.0 Å². The Balaban J connectivity index is 1.69. The maximum absolute atomic E-state index is 12.8. The number of rotatable bonds is 6. The highest BCUT2D eigenvalue weighted by Crippen LogP contribution is 2.32. The van der Waals surface area contributed by atoms with Crippen LogP contribution in [0.25, 0.3) is 16.8 Å². The van der Waals surface area contributed by atoms with E-state index in [9.17, 15) is 15.2 Å². The van der Waals surface area contributed by atoms with Gasteiger partial charge < -0.3 is 15.2 Å². The molecule has 7 heteroatoms. The highest BCUT2D eigenvalue weighted by atomic mass is 35.5. The zero-order valence-corrected chi connectivity index (χ0v) is 19.3. The van der Waals surface area contributed by atoms with Gasteiger partial charge in [0.05, 0.1) is 10.0 Å². The van der Waals surface area contributed by atoms with Crippen molar-refractivity contribution in [1.29, 1.82) is 5.26 Å². The summed E-state index contributed by atoms with van der Waals surface area (Å²) in [5.41, 5.74) is 1.79. The molecule has 4 rings (SSSR count). The second kappa shape index (κ2) is 10.3. The average molecular weight is 489 g/mol. The van der Waals surface area contributed by atoms with E-state index < -0.39 is 5.91 Å². The van der Waals surface area contributed by atoms with E-state index in [1.54, 1.807) is 30.3 Å². The molecule has 4 aromatic rings. The molecule has 0 radical (unpaired) electrons. The molecule has 1 amide bonds. The van der Waals surface area contributed by atoms with Crippen molar-refractivity contribution < 1.29 is 14.6 Å². The number of carbonyl (C=O) groups excluding carboxylic acids is 1. The van der Waals surface area contributed by atoms with Crippen LogP contribution < -0.4 is 10.1 Å². The molecule has 4 aromatic carbocycles. The van der Waals surface area contributed by atoms with Gasteiger partial charge in [0.25, 0.3) is 5.91 Å². The Kier molecular flexibility index (Phi) is 7.03. The fourth-order valence-corrected chi connectivity index (χ4v) is 3.70. The number of benzene rings is 4. The van der Waals surface area contributed by atoms with Crippen LogP contribution in [0.1, 0.15) is 11.1 Å². The summed E-state index contributed by atoms with van der Waals surface area (Å²) in [5.74, 6) is 0.0140.